The SMILES string of the molecule is O=S(=O)(Nc1ccc(Cl)cc1)c1ccc(N2CCCC2)c(NC(=S)NC[C@H]2CCCO2)c1. The molecular formula is C22H27ClN4O3S2. The first kappa shape index (κ1) is 23.1. The quantitative estimate of drug-likeness (QED) is 0.497. The summed E-state index contributed by atoms with van der Waals surface area (Å²) in [6.45, 7) is 3.27. The van der Waals surface area contributed by atoms with Crippen molar-refractivity contribution in [2.24, 2.45) is 0 Å². The molecule has 0 aliphatic carbocycles. The monoisotopic (exact) mass is 494 g/mol. The standard InChI is InChI=1S/C22H27ClN4O3S2/c23-16-5-7-17(8-6-16)26-32(28,29)19-9-10-21(27-11-1-2-12-27)20(14-19)25-22(31)24-15-18-4-3-13-30-18/h5-10,14,18,26H,1-4,11-13,15H2,(H2,24,25,31)/t18-/m1/s1. The number of thiocarbonyl (C=S) groups is 1. The molecule has 2 aromatic rings. The van der Waals surface area contributed by atoms with Gasteiger partial charge in [-0.25, -0.2) is 8.42 Å². The predicted molar refractivity (Wildman–Crippen MR) is 133 cm³/mol. The van der Waals surface area contributed by atoms with E-state index in [0.29, 0.717) is 28.1 Å². The van der Waals surface area contributed by atoms with Gasteiger partial charge in [-0.3, -0.25) is 4.72 Å². The molecule has 2 aliphatic rings. The Morgan fingerprint density at radius 2 is 1.88 bits per heavy atom. The Balaban J connectivity index is 1.54. The summed E-state index contributed by atoms with van der Waals surface area (Å²) < 4.78 is 34.2. The molecule has 0 unspecified atom stereocenters. The average molecular weight is 495 g/mol. The van der Waals surface area contributed by atoms with Crippen LogP contribution < -0.4 is 20.3 Å². The molecule has 4 rings (SSSR count). The van der Waals surface area contributed by atoms with E-state index in [-0.39, 0.29) is 11.0 Å². The zero-order chi connectivity index (χ0) is 22.6. The van der Waals surface area contributed by atoms with Gasteiger partial charge in [-0.2, -0.15) is 0 Å². The summed E-state index contributed by atoms with van der Waals surface area (Å²) in [5.74, 6) is 0. The molecule has 0 saturated carbocycles. The van der Waals surface area contributed by atoms with Crippen LogP contribution in [0.1, 0.15) is 25.7 Å². The van der Waals surface area contributed by atoms with Crippen LogP contribution in [-0.2, 0) is 14.8 Å². The third-order valence-corrected chi connectivity index (χ3v) is 7.46. The van der Waals surface area contributed by atoms with Crippen LogP contribution in [0.15, 0.2) is 47.4 Å². The molecule has 172 valence electrons. The number of nitrogens with one attached hydrogen (secondary N) is 3. The van der Waals surface area contributed by atoms with E-state index in [1.54, 1.807) is 36.4 Å². The van der Waals surface area contributed by atoms with Gasteiger partial charge in [-0.15, -0.1) is 0 Å². The Kier molecular flexibility index (Phi) is 7.40. The van der Waals surface area contributed by atoms with E-state index < -0.39 is 10.0 Å². The third kappa shape index (κ3) is 5.83. The molecule has 2 aliphatic heterocycles. The van der Waals surface area contributed by atoms with Crippen molar-refractivity contribution >= 4 is 56.0 Å². The number of anilines is 3. The van der Waals surface area contributed by atoms with E-state index in [1.165, 1.54) is 0 Å². The summed E-state index contributed by atoms with van der Waals surface area (Å²) in [4.78, 5) is 2.40. The zero-order valence-corrected chi connectivity index (χ0v) is 20.0. The van der Waals surface area contributed by atoms with E-state index in [4.69, 9.17) is 28.6 Å². The van der Waals surface area contributed by atoms with Crippen LogP contribution in [0.25, 0.3) is 0 Å². The highest BCUT2D eigenvalue weighted by Crippen LogP contribution is 2.32. The molecule has 7 nitrogen and oxygen atoms in total. The van der Waals surface area contributed by atoms with Gasteiger partial charge in [0.2, 0.25) is 0 Å². The molecule has 2 aromatic carbocycles. The van der Waals surface area contributed by atoms with Crippen LogP contribution >= 0.6 is 23.8 Å². The fraction of sp³-hybridized carbons (Fsp3) is 0.409. The summed E-state index contributed by atoms with van der Waals surface area (Å²) in [6, 6.07) is 11.6. The van der Waals surface area contributed by atoms with Gasteiger partial charge in [-0.05, 0) is 80.4 Å². The van der Waals surface area contributed by atoms with Gasteiger partial charge < -0.3 is 20.3 Å². The summed E-state index contributed by atoms with van der Waals surface area (Å²) in [7, 11) is -3.79. The maximum Gasteiger partial charge on any atom is 0.261 e. The van der Waals surface area contributed by atoms with E-state index >= 15 is 0 Å². The van der Waals surface area contributed by atoms with Crippen molar-refractivity contribution in [3.63, 3.8) is 0 Å². The molecule has 0 spiro atoms. The van der Waals surface area contributed by atoms with E-state index in [0.717, 1.165) is 51.1 Å². The lowest BCUT2D eigenvalue weighted by atomic mass is 10.2. The molecule has 0 amide bonds. The van der Waals surface area contributed by atoms with Crippen molar-refractivity contribution in [1.82, 2.24) is 5.32 Å². The largest absolute Gasteiger partial charge is 0.376 e. The summed E-state index contributed by atoms with van der Waals surface area (Å²) in [6.07, 6.45) is 4.45. The van der Waals surface area contributed by atoms with Crippen LogP contribution in [0.4, 0.5) is 17.1 Å². The molecule has 0 bridgehead atoms. The molecule has 2 saturated heterocycles. The summed E-state index contributed by atoms with van der Waals surface area (Å²) in [5, 5.41) is 7.39. The second-order valence-electron chi connectivity index (χ2n) is 7.96. The molecule has 0 aromatic heterocycles. The zero-order valence-electron chi connectivity index (χ0n) is 17.6. The topological polar surface area (TPSA) is 82.7 Å². The molecule has 2 heterocycles. The normalized spacial score (nSPS) is 18.5. The smallest absolute Gasteiger partial charge is 0.261 e. The molecular weight excluding hydrogens is 468 g/mol. The number of ether oxygens (including phenoxy) is 1. The number of halogens is 1. The van der Waals surface area contributed by atoms with Gasteiger partial charge in [0, 0.05) is 37.0 Å². The van der Waals surface area contributed by atoms with Crippen LogP contribution in [-0.4, -0.2) is 45.9 Å². The van der Waals surface area contributed by atoms with Crippen LogP contribution in [0, 0.1) is 0 Å². The lowest BCUT2D eigenvalue weighted by Gasteiger charge is -2.23. The molecule has 3 N–H and O–H groups in total. The fourth-order valence-electron chi connectivity index (χ4n) is 3.93. The summed E-state index contributed by atoms with van der Waals surface area (Å²) in [5.41, 5.74) is 2.05. The van der Waals surface area contributed by atoms with Crippen molar-refractivity contribution in [2.45, 2.75) is 36.7 Å². The van der Waals surface area contributed by atoms with Crippen LogP contribution in [0.5, 0.6) is 0 Å². The Morgan fingerprint density at radius 1 is 1.12 bits per heavy atom. The lowest BCUT2D eigenvalue weighted by molar-refractivity contribution is 0.114. The molecule has 1 atom stereocenters. The number of rotatable bonds is 7. The maximum absolute atomic E-state index is 13.0. The Hall–Kier alpha value is -2.07. The minimum atomic E-state index is -3.79. The van der Waals surface area contributed by atoms with E-state index in [1.807, 2.05) is 6.07 Å². The highest BCUT2D eigenvalue weighted by Gasteiger charge is 2.22. The molecule has 2 fully saturated rings. The predicted octanol–water partition coefficient (Wildman–Crippen LogP) is 4.21. The second-order valence-corrected chi connectivity index (χ2v) is 10.5. The van der Waals surface area contributed by atoms with E-state index in [9.17, 15) is 8.42 Å². The Morgan fingerprint density at radius 3 is 2.56 bits per heavy atom. The first-order valence-corrected chi connectivity index (χ1v) is 13.0. The van der Waals surface area contributed by atoms with Crippen molar-refractivity contribution in [3.05, 3.63) is 47.5 Å². The van der Waals surface area contributed by atoms with Gasteiger partial charge in [0.15, 0.2) is 5.11 Å². The minimum Gasteiger partial charge on any atom is -0.376 e. The minimum absolute atomic E-state index is 0.153. The van der Waals surface area contributed by atoms with Gasteiger partial charge in [0.1, 0.15) is 0 Å². The van der Waals surface area contributed by atoms with Crippen molar-refractivity contribution in [3.8, 4) is 0 Å². The highest BCUT2D eigenvalue weighted by molar-refractivity contribution is 7.92. The Labute approximate surface area is 199 Å². The fourth-order valence-corrected chi connectivity index (χ4v) is 5.33. The third-order valence-electron chi connectivity index (χ3n) is 5.58. The van der Waals surface area contributed by atoms with Gasteiger partial charge >= 0.3 is 0 Å². The van der Waals surface area contributed by atoms with Gasteiger partial charge in [0.05, 0.1) is 22.4 Å². The van der Waals surface area contributed by atoms with Crippen molar-refractivity contribution in [2.75, 3.05) is 41.2 Å². The van der Waals surface area contributed by atoms with Gasteiger partial charge in [0.25, 0.3) is 10.0 Å². The number of hydrogen-bond acceptors (Lipinski definition) is 5. The second kappa shape index (κ2) is 10.2. The van der Waals surface area contributed by atoms with Crippen molar-refractivity contribution < 1.29 is 13.2 Å². The van der Waals surface area contributed by atoms with Crippen LogP contribution in [0.2, 0.25) is 5.02 Å². The number of hydrogen-bond donors (Lipinski definition) is 3. The van der Waals surface area contributed by atoms with Crippen molar-refractivity contribution in [1.29, 1.82) is 0 Å². The first-order chi connectivity index (χ1) is 15.4. The number of sulfonamides is 1. The van der Waals surface area contributed by atoms with Crippen LogP contribution in [0.3, 0.4) is 0 Å². The first-order valence-electron chi connectivity index (χ1n) is 10.7. The lowest BCUT2D eigenvalue weighted by Crippen LogP contribution is -2.35. The number of benzene rings is 2. The summed E-state index contributed by atoms with van der Waals surface area (Å²) >= 11 is 11.4. The Bertz CT molecular complexity index is 1050. The maximum atomic E-state index is 13.0. The van der Waals surface area contributed by atoms with Gasteiger partial charge in [-0.1, -0.05) is 11.6 Å². The average Bonchev–Trinajstić information content (AvgIpc) is 3.48. The molecule has 0 radical (unpaired) electrons. The van der Waals surface area contributed by atoms with E-state index in [2.05, 4.69) is 20.3 Å². The number of nitrogens with zero attached hydrogens (tertiary/aromatic N) is 1. The highest BCUT2D eigenvalue weighted by atomic mass is 35.5. The molecule has 32 heavy (non-hydrogen) atoms. The molecule has 10 heteroatoms.